The Morgan fingerprint density at radius 3 is 2.54 bits per heavy atom. The van der Waals surface area contributed by atoms with E-state index in [0.717, 1.165) is 6.07 Å². The van der Waals surface area contributed by atoms with Crippen molar-refractivity contribution in [3.63, 3.8) is 0 Å². The van der Waals surface area contributed by atoms with Gasteiger partial charge in [-0.3, -0.25) is 14.2 Å². The number of benzene rings is 1. The molecular formula is C20H19FN2O5. The lowest BCUT2D eigenvalue weighted by Crippen LogP contribution is -2.45. The summed E-state index contributed by atoms with van der Waals surface area (Å²) in [5, 5.41) is 0. The molecule has 0 spiro atoms. The average molecular weight is 386 g/mol. The minimum atomic E-state index is -0.930. The molecule has 1 fully saturated rings. The molecule has 8 heteroatoms. The van der Waals surface area contributed by atoms with Gasteiger partial charge in [0.25, 0.3) is 11.5 Å². The standard InChI is InChI=1S/C20H19FN2O5/c1-20(2)27-16-13(11-21)10-14(17(16)28-20)22-9-8-15(24)23(19(22)26)18(25)12-6-4-3-5-7-12/h3-10,14,16-17H,11H2,1-2H3/t14-,16+,17?/m1/s1. The fourth-order valence-electron chi connectivity index (χ4n) is 3.71. The first-order valence-corrected chi connectivity index (χ1v) is 8.88. The van der Waals surface area contributed by atoms with Gasteiger partial charge in [0.2, 0.25) is 0 Å². The molecule has 1 aliphatic heterocycles. The maximum Gasteiger partial charge on any atom is 0.338 e. The highest BCUT2D eigenvalue weighted by Crippen LogP contribution is 2.42. The highest BCUT2D eigenvalue weighted by molar-refractivity contribution is 5.95. The van der Waals surface area contributed by atoms with Crippen LogP contribution in [0.4, 0.5) is 4.39 Å². The minimum Gasteiger partial charge on any atom is -0.342 e. The molecule has 0 saturated carbocycles. The van der Waals surface area contributed by atoms with Gasteiger partial charge in [0.15, 0.2) is 5.79 Å². The van der Waals surface area contributed by atoms with Gasteiger partial charge in [-0.2, -0.15) is 4.57 Å². The summed E-state index contributed by atoms with van der Waals surface area (Å²) in [6, 6.07) is 8.50. The Bertz CT molecular complexity index is 1070. The molecule has 1 unspecified atom stereocenters. The predicted octanol–water partition coefficient (Wildman–Crippen LogP) is 1.67. The molecule has 1 aliphatic carbocycles. The summed E-state index contributed by atoms with van der Waals surface area (Å²) in [5.41, 5.74) is -0.956. The van der Waals surface area contributed by atoms with Crippen LogP contribution < -0.4 is 11.2 Å². The molecule has 3 atom stereocenters. The average Bonchev–Trinajstić information content (AvgIpc) is 3.15. The number of hydrogen-bond donors (Lipinski definition) is 0. The van der Waals surface area contributed by atoms with Crippen LogP contribution in [0.25, 0.3) is 0 Å². The third-order valence-corrected chi connectivity index (χ3v) is 4.93. The number of aromatic nitrogens is 2. The molecule has 2 aromatic rings. The number of rotatable bonds is 3. The van der Waals surface area contributed by atoms with Crippen molar-refractivity contribution in [2.45, 2.75) is 37.9 Å². The van der Waals surface area contributed by atoms with Crippen LogP contribution in [0.3, 0.4) is 0 Å². The molecule has 2 heterocycles. The van der Waals surface area contributed by atoms with E-state index < -0.39 is 47.9 Å². The zero-order valence-electron chi connectivity index (χ0n) is 15.4. The maximum absolute atomic E-state index is 13.5. The Morgan fingerprint density at radius 2 is 1.86 bits per heavy atom. The van der Waals surface area contributed by atoms with Crippen LogP contribution in [-0.2, 0) is 9.47 Å². The Labute approximate surface area is 159 Å². The van der Waals surface area contributed by atoms with E-state index in [9.17, 15) is 18.8 Å². The third-order valence-electron chi connectivity index (χ3n) is 4.93. The molecule has 0 N–H and O–H groups in total. The second-order valence-electron chi connectivity index (χ2n) is 7.24. The number of halogens is 1. The van der Waals surface area contributed by atoms with Crippen molar-refractivity contribution in [1.29, 1.82) is 0 Å². The molecule has 1 aromatic heterocycles. The molecule has 146 valence electrons. The van der Waals surface area contributed by atoms with Crippen molar-refractivity contribution >= 4 is 5.91 Å². The molecule has 0 radical (unpaired) electrons. The Morgan fingerprint density at radius 1 is 1.14 bits per heavy atom. The number of hydrogen-bond acceptors (Lipinski definition) is 5. The highest BCUT2D eigenvalue weighted by Gasteiger charge is 2.50. The zero-order chi connectivity index (χ0) is 20.1. The van der Waals surface area contributed by atoms with E-state index in [1.807, 2.05) is 0 Å². The van der Waals surface area contributed by atoms with E-state index in [2.05, 4.69) is 0 Å². The second-order valence-corrected chi connectivity index (χ2v) is 7.24. The topological polar surface area (TPSA) is 79.5 Å². The Kier molecular flexibility index (Phi) is 4.40. The van der Waals surface area contributed by atoms with Gasteiger partial charge in [0.05, 0.1) is 6.04 Å². The summed E-state index contributed by atoms with van der Waals surface area (Å²) < 4.78 is 26.9. The first kappa shape index (κ1) is 18.5. The number of alkyl halides is 1. The number of carbonyl (C=O) groups is 1. The lowest BCUT2D eigenvalue weighted by Gasteiger charge is -2.22. The molecule has 0 amide bonds. The Balaban J connectivity index is 1.80. The first-order valence-electron chi connectivity index (χ1n) is 8.88. The molecule has 28 heavy (non-hydrogen) atoms. The van der Waals surface area contributed by atoms with Crippen LogP contribution in [-0.4, -0.2) is 39.7 Å². The van der Waals surface area contributed by atoms with Crippen molar-refractivity contribution in [3.05, 3.63) is 80.6 Å². The van der Waals surface area contributed by atoms with Crippen LogP contribution in [0.1, 0.15) is 30.2 Å². The van der Waals surface area contributed by atoms with Gasteiger partial charge in [-0.1, -0.05) is 24.3 Å². The molecule has 7 nitrogen and oxygen atoms in total. The summed E-state index contributed by atoms with van der Waals surface area (Å²) >= 11 is 0. The van der Waals surface area contributed by atoms with E-state index >= 15 is 0 Å². The summed E-state index contributed by atoms with van der Waals surface area (Å²) in [7, 11) is 0. The zero-order valence-corrected chi connectivity index (χ0v) is 15.4. The van der Waals surface area contributed by atoms with Crippen LogP contribution in [0.5, 0.6) is 0 Å². The van der Waals surface area contributed by atoms with Crippen LogP contribution in [0.2, 0.25) is 0 Å². The molecule has 4 rings (SSSR count). The normalized spacial score (nSPS) is 25.4. The van der Waals surface area contributed by atoms with E-state index in [1.54, 1.807) is 38.1 Å². The quantitative estimate of drug-likeness (QED) is 0.750. The van der Waals surface area contributed by atoms with Gasteiger partial charge in [-0.05, 0) is 31.6 Å². The van der Waals surface area contributed by atoms with Gasteiger partial charge < -0.3 is 9.47 Å². The summed E-state index contributed by atoms with van der Waals surface area (Å²) in [6.45, 7) is 2.68. The fraction of sp³-hybridized carbons (Fsp3) is 0.350. The second kappa shape index (κ2) is 6.65. The minimum absolute atomic E-state index is 0.213. The smallest absolute Gasteiger partial charge is 0.338 e. The summed E-state index contributed by atoms with van der Waals surface area (Å²) in [4.78, 5) is 38.0. The lowest BCUT2D eigenvalue weighted by atomic mass is 10.1. The van der Waals surface area contributed by atoms with Gasteiger partial charge >= 0.3 is 5.69 Å². The van der Waals surface area contributed by atoms with Crippen molar-refractivity contribution in [1.82, 2.24) is 9.13 Å². The predicted molar refractivity (Wildman–Crippen MR) is 98.1 cm³/mol. The van der Waals surface area contributed by atoms with Crippen molar-refractivity contribution in [2.75, 3.05) is 6.67 Å². The molecule has 2 aliphatic rings. The highest BCUT2D eigenvalue weighted by atomic mass is 19.1. The Hall–Kier alpha value is -2.84. The third kappa shape index (κ3) is 2.94. The SMILES string of the molecule is CC1(C)OC2[C@H](n3ccc(=O)n(C(=O)c4ccccc4)c3=O)C=C(CF)[C@@H]2O1. The summed E-state index contributed by atoms with van der Waals surface area (Å²) in [5.74, 6) is -1.65. The van der Waals surface area contributed by atoms with E-state index in [0.29, 0.717) is 10.1 Å². The van der Waals surface area contributed by atoms with Gasteiger partial charge in [0.1, 0.15) is 18.9 Å². The van der Waals surface area contributed by atoms with Crippen LogP contribution in [0, 0.1) is 0 Å². The molecular weight excluding hydrogens is 367 g/mol. The van der Waals surface area contributed by atoms with E-state index in [1.165, 1.54) is 22.9 Å². The van der Waals surface area contributed by atoms with Gasteiger partial charge in [-0.25, -0.2) is 9.18 Å². The fourth-order valence-corrected chi connectivity index (χ4v) is 3.71. The van der Waals surface area contributed by atoms with Crippen molar-refractivity contribution < 1.29 is 18.7 Å². The van der Waals surface area contributed by atoms with Gasteiger partial charge in [0, 0.05) is 17.8 Å². The van der Waals surface area contributed by atoms with E-state index in [4.69, 9.17) is 9.47 Å². The summed E-state index contributed by atoms with van der Waals surface area (Å²) in [6.07, 6.45) is 1.61. The number of nitrogens with zero attached hydrogens (tertiary/aromatic N) is 2. The van der Waals surface area contributed by atoms with Crippen molar-refractivity contribution in [2.24, 2.45) is 0 Å². The lowest BCUT2D eigenvalue weighted by molar-refractivity contribution is -0.148. The molecule has 0 bridgehead atoms. The monoisotopic (exact) mass is 386 g/mol. The first-order chi connectivity index (χ1) is 13.3. The van der Waals surface area contributed by atoms with Crippen LogP contribution >= 0.6 is 0 Å². The number of fused-ring (bicyclic) bond motifs is 1. The molecule has 1 aromatic carbocycles. The van der Waals surface area contributed by atoms with Crippen molar-refractivity contribution in [3.8, 4) is 0 Å². The molecule has 1 saturated heterocycles. The number of carbonyl (C=O) groups excluding carboxylic acids is 1. The van der Waals surface area contributed by atoms with E-state index in [-0.39, 0.29) is 5.56 Å². The largest absolute Gasteiger partial charge is 0.342 e. The van der Waals surface area contributed by atoms with Gasteiger partial charge in [-0.15, -0.1) is 0 Å². The van der Waals surface area contributed by atoms with Crippen LogP contribution in [0.15, 0.2) is 63.8 Å². The maximum atomic E-state index is 13.5. The number of ether oxygens (including phenoxy) is 2.